The van der Waals surface area contributed by atoms with E-state index in [-0.39, 0.29) is 36.4 Å². The van der Waals surface area contributed by atoms with Crippen molar-refractivity contribution in [3.05, 3.63) is 41.0 Å². The average molecular weight is 417 g/mol. The van der Waals surface area contributed by atoms with E-state index >= 15 is 0 Å². The third-order valence-corrected chi connectivity index (χ3v) is 4.08. The summed E-state index contributed by atoms with van der Waals surface area (Å²) in [5, 5.41) is 2.19. The summed E-state index contributed by atoms with van der Waals surface area (Å²) < 4.78 is 10.1. The van der Waals surface area contributed by atoms with Crippen molar-refractivity contribution in [1.82, 2.24) is 10.8 Å². The van der Waals surface area contributed by atoms with Crippen LogP contribution in [0.2, 0.25) is 0 Å². The number of rotatable bonds is 6. The molecular formula is C20H23N3O7. The van der Waals surface area contributed by atoms with E-state index in [2.05, 4.69) is 10.2 Å². The zero-order chi connectivity index (χ0) is 22.3. The number of hydrogen-bond donors (Lipinski definition) is 3. The Balaban J connectivity index is 2.45. The highest BCUT2D eigenvalue weighted by molar-refractivity contribution is 6.15. The van der Waals surface area contributed by atoms with Gasteiger partial charge >= 0.3 is 18.0 Å². The Morgan fingerprint density at radius 1 is 0.900 bits per heavy atom. The molecule has 2 aliphatic carbocycles. The van der Waals surface area contributed by atoms with Crippen LogP contribution in [0.4, 0.5) is 10.5 Å². The molecule has 0 heterocycles. The Labute approximate surface area is 172 Å². The summed E-state index contributed by atoms with van der Waals surface area (Å²) in [6.45, 7) is 3.58. The van der Waals surface area contributed by atoms with Gasteiger partial charge in [-0.05, 0) is 30.5 Å². The fraction of sp³-hybridized carbons (Fsp3) is 0.300. The molecule has 10 heteroatoms. The standard InChI is InChI=1S/C20H23N3O7/c1-4-28-18(25)15-12-8-6-11(10-14(24)23-30-20(27)22-3)7-9-13(12)16(17(15)21)19(26)29-5-2/h6-9H,4-5,10,21H2,1-3H3,(H,22,27)(H,23,24). The molecule has 0 aromatic carbocycles. The van der Waals surface area contributed by atoms with E-state index in [4.69, 9.17) is 15.2 Å². The number of carbonyl (C=O) groups is 4. The predicted molar refractivity (Wildman–Crippen MR) is 107 cm³/mol. The molecule has 2 rings (SSSR count). The van der Waals surface area contributed by atoms with Gasteiger partial charge in [0, 0.05) is 7.05 Å². The monoisotopic (exact) mass is 417 g/mol. The van der Waals surface area contributed by atoms with Gasteiger partial charge in [-0.2, -0.15) is 5.48 Å². The van der Waals surface area contributed by atoms with Crippen LogP contribution in [-0.4, -0.2) is 44.2 Å². The van der Waals surface area contributed by atoms with E-state index in [0.29, 0.717) is 16.7 Å². The molecule has 2 aliphatic rings. The average Bonchev–Trinajstić information content (AvgIpc) is 2.85. The van der Waals surface area contributed by atoms with Gasteiger partial charge in [-0.15, -0.1) is 0 Å². The van der Waals surface area contributed by atoms with E-state index in [1.165, 1.54) is 7.05 Å². The highest BCUT2D eigenvalue weighted by Crippen LogP contribution is 2.39. The molecule has 0 aliphatic heterocycles. The molecule has 30 heavy (non-hydrogen) atoms. The number of hydroxylamine groups is 1. The van der Waals surface area contributed by atoms with Crippen LogP contribution in [0.3, 0.4) is 0 Å². The first-order chi connectivity index (χ1) is 14.3. The largest absolute Gasteiger partial charge is 0.462 e. The summed E-state index contributed by atoms with van der Waals surface area (Å²) in [6.07, 6.45) is -0.929. The SMILES string of the molecule is CCOC(=O)c1c2ccc(CC(=O)NOC(=O)NC)ccc-2c(C(=O)OCC)c1N. The molecular weight excluding hydrogens is 394 g/mol. The van der Waals surface area contributed by atoms with Crippen molar-refractivity contribution >= 4 is 29.6 Å². The van der Waals surface area contributed by atoms with Gasteiger partial charge in [-0.1, -0.05) is 24.3 Å². The van der Waals surface area contributed by atoms with Crippen LogP contribution in [0.1, 0.15) is 40.1 Å². The number of anilines is 1. The molecule has 0 fully saturated rings. The third-order valence-electron chi connectivity index (χ3n) is 4.08. The molecule has 160 valence electrons. The zero-order valence-electron chi connectivity index (χ0n) is 16.9. The number of fused-ring (bicyclic) bond motifs is 1. The van der Waals surface area contributed by atoms with Crippen LogP contribution in [0.5, 0.6) is 0 Å². The van der Waals surface area contributed by atoms with Crippen molar-refractivity contribution in [1.29, 1.82) is 0 Å². The molecule has 0 atom stereocenters. The second-order valence-electron chi connectivity index (χ2n) is 6.02. The maximum Gasteiger partial charge on any atom is 0.431 e. The molecule has 0 saturated heterocycles. The fourth-order valence-corrected chi connectivity index (χ4v) is 2.81. The van der Waals surface area contributed by atoms with Crippen LogP contribution >= 0.6 is 0 Å². The number of nitrogen functional groups attached to an aromatic ring is 1. The molecule has 0 bridgehead atoms. The van der Waals surface area contributed by atoms with Gasteiger partial charge in [0.05, 0.1) is 36.4 Å². The summed E-state index contributed by atoms with van der Waals surface area (Å²) in [4.78, 5) is 52.4. The first-order valence-electron chi connectivity index (χ1n) is 9.19. The van der Waals surface area contributed by atoms with Crippen molar-refractivity contribution in [2.24, 2.45) is 0 Å². The van der Waals surface area contributed by atoms with Crippen LogP contribution < -0.4 is 16.5 Å². The maximum absolute atomic E-state index is 12.4. The predicted octanol–water partition coefficient (Wildman–Crippen LogP) is 1.66. The van der Waals surface area contributed by atoms with E-state index in [9.17, 15) is 19.2 Å². The quantitative estimate of drug-likeness (QED) is 0.365. The Kier molecular flexibility index (Phi) is 7.56. The molecule has 10 nitrogen and oxygen atoms in total. The molecule has 0 saturated carbocycles. The van der Waals surface area contributed by atoms with E-state index < -0.39 is 23.9 Å². The molecule has 0 aromatic heterocycles. The van der Waals surface area contributed by atoms with Crippen molar-refractivity contribution in [3.8, 4) is 11.1 Å². The third kappa shape index (κ3) is 4.96. The number of esters is 2. The summed E-state index contributed by atoms with van der Waals surface area (Å²) >= 11 is 0. The number of carbonyl (C=O) groups excluding carboxylic acids is 4. The molecule has 2 amide bonds. The van der Waals surface area contributed by atoms with Crippen molar-refractivity contribution in [2.75, 3.05) is 26.0 Å². The summed E-state index contributed by atoms with van der Waals surface area (Å²) in [5.41, 5.74) is 9.52. The van der Waals surface area contributed by atoms with Gasteiger partial charge < -0.3 is 25.4 Å². The number of ether oxygens (including phenoxy) is 2. The Bertz CT molecular complexity index is 887. The minimum atomic E-state index is -0.811. The number of nitrogens with one attached hydrogen (secondary N) is 2. The molecule has 0 radical (unpaired) electrons. The van der Waals surface area contributed by atoms with E-state index in [1.54, 1.807) is 38.1 Å². The van der Waals surface area contributed by atoms with Crippen LogP contribution in [0.15, 0.2) is 24.3 Å². The number of amides is 2. The molecule has 4 N–H and O–H groups in total. The molecule has 0 unspecified atom stereocenters. The van der Waals surface area contributed by atoms with Crippen molar-refractivity contribution in [2.45, 2.75) is 20.3 Å². The lowest BCUT2D eigenvalue weighted by atomic mass is 10.1. The number of nitrogens with two attached hydrogens (primary N) is 1. The highest BCUT2D eigenvalue weighted by atomic mass is 16.7. The summed E-state index contributed by atoms with van der Waals surface area (Å²) in [7, 11) is 1.35. The van der Waals surface area contributed by atoms with Crippen molar-refractivity contribution < 1.29 is 33.5 Å². The summed E-state index contributed by atoms with van der Waals surface area (Å²) in [5.74, 6) is -1.90. The smallest absolute Gasteiger partial charge is 0.431 e. The van der Waals surface area contributed by atoms with E-state index in [1.807, 2.05) is 5.48 Å². The molecule has 0 aromatic rings. The van der Waals surface area contributed by atoms with Crippen molar-refractivity contribution in [3.63, 3.8) is 0 Å². The molecule has 0 spiro atoms. The van der Waals surface area contributed by atoms with Crippen LogP contribution in [0.25, 0.3) is 11.1 Å². The fourth-order valence-electron chi connectivity index (χ4n) is 2.81. The maximum atomic E-state index is 12.4. The van der Waals surface area contributed by atoms with Gasteiger partial charge in [-0.3, -0.25) is 4.79 Å². The van der Waals surface area contributed by atoms with Gasteiger partial charge in [0.1, 0.15) is 0 Å². The van der Waals surface area contributed by atoms with Gasteiger partial charge in [-0.25, -0.2) is 14.4 Å². The second kappa shape index (κ2) is 10.1. The minimum absolute atomic E-state index is 0.0219. The van der Waals surface area contributed by atoms with Crippen LogP contribution in [-0.2, 0) is 25.5 Å². The second-order valence-corrected chi connectivity index (χ2v) is 6.02. The summed E-state index contributed by atoms with van der Waals surface area (Å²) in [6, 6.07) is 6.34. The van der Waals surface area contributed by atoms with E-state index in [0.717, 1.165) is 0 Å². The first-order valence-corrected chi connectivity index (χ1v) is 9.19. The number of hydrogen-bond acceptors (Lipinski definition) is 8. The van der Waals surface area contributed by atoms with Gasteiger partial charge in [0.25, 0.3) is 5.91 Å². The van der Waals surface area contributed by atoms with Gasteiger partial charge in [0.2, 0.25) is 0 Å². The lowest BCUT2D eigenvalue weighted by molar-refractivity contribution is -0.128. The highest BCUT2D eigenvalue weighted by Gasteiger charge is 2.30. The lowest BCUT2D eigenvalue weighted by Gasteiger charge is -2.04. The first kappa shape index (κ1) is 22.5. The lowest BCUT2D eigenvalue weighted by Crippen LogP contribution is -2.32. The topological polar surface area (TPSA) is 146 Å². The Hall–Kier alpha value is -3.82. The van der Waals surface area contributed by atoms with Crippen LogP contribution in [0, 0.1) is 0 Å². The zero-order valence-corrected chi connectivity index (χ0v) is 16.9. The van der Waals surface area contributed by atoms with Gasteiger partial charge in [0.15, 0.2) is 0 Å². The Morgan fingerprint density at radius 2 is 1.40 bits per heavy atom. The minimum Gasteiger partial charge on any atom is -0.462 e. The Morgan fingerprint density at radius 3 is 1.83 bits per heavy atom. The normalized spacial score (nSPS) is 10.2.